The molecule has 2 heterocycles. The second-order valence-electron chi connectivity index (χ2n) is 4.85. The predicted molar refractivity (Wildman–Crippen MR) is 67.2 cm³/mol. The quantitative estimate of drug-likeness (QED) is 0.926. The Morgan fingerprint density at radius 1 is 1.41 bits per heavy atom. The Morgan fingerprint density at radius 3 is 2.94 bits per heavy atom. The van der Waals surface area contributed by atoms with Crippen LogP contribution in [0.3, 0.4) is 0 Å². The average Bonchev–Trinajstić information content (AvgIpc) is 2.92. The van der Waals surface area contributed by atoms with Gasteiger partial charge in [-0.2, -0.15) is 0 Å². The molecule has 2 aliphatic heterocycles. The van der Waals surface area contributed by atoms with Crippen LogP contribution in [-0.4, -0.2) is 18.2 Å². The highest BCUT2D eigenvalue weighted by molar-refractivity contribution is 9.10. The van der Waals surface area contributed by atoms with Crippen LogP contribution in [0.15, 0.2) is 22.7 Å². The van der Waals surface area contributed by atoms with Gasteiger partial charge in [-0.3, -0.25) is 0 Å². The molecule has 3 rings (SSSR count). The van der Waals surface area contributed by atoms with Gasteiger partial charge in [-0.15, -0.1) is 0 Å². The molecule has 0 spiro atoms. The molecular formula is C13H15BrFNO. The molecule has 3 atom stereocenters. The zero-order chi connectivity index (χ0) is 11.8. The SMILES string of the molecule is Fc1ccc(CNC2CC3CCC2O3)cc1Br. The molecular weight excluding hydrogens is 285 g/mol. The standard InChI is InChI=1S/C13H15BrFNO/c14-10-5-8(1-3-11(10)15)7-16-12-6-9-2-4-13(12)17-9/h1,3,5,9,12-13,16H,2,4,6-7H2. The first-order valence-electron chi connectivity index (χ1n) is 6.05. The molecule has 2 fully saturated rings. The molecule has 0 saturated carbocycles. The first-order chi connectivity index (χ1) is 8.22. The summed E-state index contributed by atoms with van der Waals surface area (Å²) in [6, 6.07) is 5.62. The van der Waals surface area contributed by atoms with Crippen LogP contribution in [0.5, 0.6) is 0 Å². The predicted octanol–water partition coefficient (Wildman–Crippen LogP) is 3.00. The van der Waals surface area contributed by atoms with E-state index in [0.29, 0.717) is 22.7 Å². The summed E-state index contributed by atoms with van der Waals surface area (Å²) in [7, 11) is 0. The zero-order valence-electron chi connectivity index (χ0n) is 9.46. The van der Waals surface area contributed by atoms with Crippen molar-refractivity contribution in [2.75, 3.05) is 0 Å². The van der Waals surface area contributed by atoms with Gasteiger partial charge in [0.2, 0.25) is 0 Å². The molecule has 92 valence electrons. The van der Waals surface area contributed by atoms with Crippen LogP contribution in [0, 0.1) is 5.82 Å². The van der Waals surface area contributed by atoms with Crippen LogP contribution in [0.2, 0.25) is 0 Å². The van der Waals surface area contributed by atoms with E-state index in [-0.39, 0.29) is 5.82 Å². The van der Waals surface area contributed by atoms with Gasteiger partial charge < -0.3 is 10.1 Å². The number of fused-ring (bicyclic) bond motifs is 2. The summed E-state index contributed by atoms with van der Waals surface area (Å²) >= 11 is 3.20. The van der Waals surface area contributed by atoms with Gasteiger partial charge in [0.25, 0.3) is 0 Å². The van der Waals surface area contributed by atoms with Gasteiger partial charge in [0.1, 0.15) is 5.82 Å². The molecule has 2 nitrogen and oxygen atoms in total. The molecule has 2 saturated heterocycles. The van der Waals surface area contributed by atoms with E-state index in [0.717, 1.165) is 18.5 Å². The Labute approximate surface area is 109 Å². The third-order valence-electron chi connectivity index (χ3n) is 3.66. The highest BCUT2D eigenvalue weighted by atomic mass is 79.9. The number of rotatable bonds is 3. The maximum Gasteiger partial charge on any atom is 0.137 e. The fraction of sp³-hybridized carbons (Fsp3) is 0.538. The van der Waals surface area contributed by atoms with Gasteiger partial charge in [0.05, 0.1) is 16.7 Å². The molecule has 0 radical (unpaired) electrons. The number of hydrogen-bond acceptors (Lipinski definition) is 2. The van der Waals surface area contributed by atoms with E-state index in [1.54, 1.807) is 0 Å². The molecule has 1 N–H and O–H groups in total. The smallest absolute Gasteiger partial charge is 0.137 e. The lowest BCUT2D eigenvalue weighted by Gasteiger charge is -2.20. The molecule has 17 heavy (non-hydrogen) atoms. The van der Waals surface area contributed by atoms with Crippen molar-refractivity contribution in [3.8, 4) is 0 Å². The van der Waals surface area contributed by atoms with Crippen molar-refractivity contribution in [2.24, 2.45) is 0 Å². The summed E-state index contributed by atoms with van der Waals surface area (Å²) < 4.78 is 19.4. The van der Waals surface area contributed by atoms with E-state index in [1.807, 2.05) is 12.1 Å². The van der Waals surface area contributed by atoms with Gasteiger partial charge >= 0.3 is 0 Å². The Kier molecular flexibility index (Phi) is 3.19. The molecule has 0 aliphatic carbocycles. The largest absolute Gasteiger partial charge is 0.373 e. The van der Waals surface area contributed by atoms with Crippen molar-refractivity contribution < 1.29 is 9.13 Å². The fourth-order valence-corrected chi connectivity index (χ4v) is 3.18. The van der Waals surface area contributed by atoms with Crippen molar-refractivity contribution in [1.29, 1.82) is 0 Å². The second-order valence-corrected chi connectivity index (χ2v) is 5.70. The number of hydrogen-bond donors (Lipinski definition) is 1. The lowest BCUT2D eigenvalue weighted by molar-refractivity contribution is 0.0973. The minimum atomic E-state index is -0.211. The van der Waals surface area contributed by atoms with Gasteiger partial charge in [-0.05, 0) is 52.9 Å². The number of benzene rings is 1. The van der Waals surface area contributed by atoms with Crippen molar-refractivity contribution in [3.05, 3.63) is 34.1 Å². The molecule has 1 aromatic rings. The maximum absolute atomic E-state index is 13.1. The topological polar surface area (TPSA) is 21.3 Å². The van der Waals surface area contributed by atoms with Gasteiger partial charge in [0.15, 0.2) is 0 Å². The first kappa shape index (κ1) is 11.6. The molecule has 1 aromatic carbocycles. The number of nitrogens with one attached hydrogen (secondary N) is 1. The van der Waals surface area contributed by atoms with E-state index in [9.17, 15) is 4.39 Å². The van der Waals surface area contributed by atoms with Crippen molar-refractivity contribution in [1.82, 2.24) is 5.32 Å². The molecule has 4 heteroatoms. The monoisotopic (exact) mass is 299 g/mol. The minimum Gasteiger partial charge on any atom is -0.373 e. The fourth-order valence-electron chi connectivity index (χ4n) is 2.75. The van der Waals surface area contributed by atoms with Crippen molar-refractivity contribution >= 4 is 15.9 Å². The van der Waals surface area contributed by atoms with Gasteiger partial charge in [-0.25, -0.2) is 4.39 Å². The highest BCUT2D eigenvalue weighted by Gasteiger charge is 2.40. The Bertz CT molecular complexity index is 426. The molecule has 0 aromatic heterocycles. The Hall–Kier alpha value is -0.450. The van der Waals surface area contributed by atoms with E-state index in [1.165, 1.54) is 18.9 Å². The van der Waals surface area contributed by atoms with E-state index in [2.05, 4.69) is 21.2 Å². The molecule has 3 unspecified atom stereocenters. The van der Waals surface area contributed by atoms with E-state index >= 15 is 0 Å². The average molecular weight is 300 g/mol. The summed E-state index contributed by atoms with van der Waals surface area (Å²) in [5.74, 6) is -0.211. The molecule has 0 amide bonds. The van der Waals surface area contributed by atoms with Crippen LogP contribution in [0.4, 0.5) is 4.39 Å². The number of halogens is 2. The summed E-state index contributed by atoms with van der Waals surface area (Å²) in [5, 5.41) is 3.51. The van der Waals surface area contributed by atoms with Crippen LogP contribution < -0.4 is 5.32 Å². The van der Waals surface area contributed by atoms with E-state index in [4.69, 9.17) is 4.74 Å². The van der Waals surface area contributed by atoms with Crippen LogP contribution in [0.1, 0.15) is 24.8 Å². The third kappa shape index (κ3) is 2.39. The first-order valence-corrected chi connectivity index (χ1v) is 6.84. The second kappa shape index (κ2) is 4.67. The third-order valence-corrected chi connectivity index (χ3v) is 4.27. The summed E-state index contributed by atoms with van der Waals surface area (Å²) in [4.78, 5) is 0. The number of ether oxygens (including phenoxy) is 1. The van der Waals surface area contributed by atoms with E-state index < -0.39 is 0 Å². The Morgan fingerprint density at radius 2 is 2.29 bits per heavy atom. The Balaban J connectivity index is 1.59. The molecule has 2 aliphatic rings. The van der Waals surface area contributed by atoms with Crippen LogP contribution in [-0.2, 0) is 11.3 Å². The van der Waals surface area contributed by atoms with Crippen LogP contribution in [0.25, 0.3) is 0 Å². The zero-order valence-corrected chi connectivity index (χ0v) is 11.0. The summed E-state index contributed by atoms with van der Waals surface area (Å²) in [5.41, 5.74) is 1.10. The van der Waals surface area contributed by atoms with Gasteiger partial charge in [0, 0.05) is 12.6 Å². The van der Waals surface area contributed by atoms with Crippen molar-refractivity contribution in [2.45, 2.75) is 44.1 Å². The van der Waals surface area contributed by atoms with Crippen molar-refractivity contribution in [3.63, 3.8) is 0 Å². The molecule has 2 bridgehead atoms. The minimum absolute atomic E-state index is 0.211. The lowest BCUT2D eigenvalue weighted by Crippen LogP contribution is -2.36. The normalized spacial score (nSPS) is 31.1. The maximum atomic E-state index is 13.1. The lowest BCUT2D eigenvalue weighted by atomic mass is 9.95. The summed E-state index contributed by atoms with van der Waals surface area (Å²) in [6.45, 7) is 0.774. The van der Waals surface area contributed by atoms with Gasteiger partial charge in [-0.1, -0.05) is 6.07 Å². The van der Waals surface area contributed by atoms with Crippen LogP contribution >= 0.6 is 15.9 Å². The summed E-state index contributed by atoms with van der Waals surface area (Å²) in [6.07, 6.45) is 4.37. The highest BCUT2D eigenvalue weighted by Crippen LogP contribution is 2.34.